The Morgan fingerprint density at radius 3 is 2.70 bits per heavy atom. The zero-order valence-corrected chi connectivity index (χ0v) is 17.2. The lowest BCUT2D eigenvalue weighted by atomic mass is 10.1. The second-order valence-corrected chi connectivity index (χ2v) is 7.12. The molecule has 1 aliphatic heterocycles. The Kier molecular flexibility index (Phi) is 9.42. The minimum absolute atomic E-state index is 0.180. The maximum absolute atomic E-state index is 5.94. The Labute approximate surface area is 163 Å². The standard InChI is InChI=1S/C21H35N3O3/c1-17(2)27-20-8-5-7-18(15-20)16-23-21(22-3)24-11-9-19(10-12-24)26-14-6-13-25-4/h5,7-8,15,17,19H,6,9-14,16H2,1-4H3,(H,22,23). The number of methoxy groups -OCH3 is 1. The molecule has 152 valence electrons. The average Bonchev–Trinajstić information content (AvgIpc) is 2.66. The number of ether oxygens (including phenoxy) is 3. The summed E-state index contributed by atoms with van der Waals surface area (Å²) < 4.78 is 16.8. The molecule has 1 N–H and O–H groups in total. The molecule has 6 nitrogen and oxygen atoms in total. The van der Waals surface area contributed by atoms with Crippen LogP contribution in [-0.4, -0.2) is 63.5 Å². The number of hydrogen-bond donors (Lipinski definition) is 1. The van der Waals surface area contributed by atoms with Gasteiger partial charge in [0.1, 0.15) is 5.75 Å². The summed E-state index contributed by atoms with van der Waals surface area (Å²) in [5, 5.41) is 3.47. The fraction of sp³-hybridized carbons (Fsp3) is 0.667. The van der Waals surface area contributed by atoms with Crippen LogP contribution < -0.4 is 10.1 Å². The van der Waals surface area contributed by atoms with Crippen LogP contribution in [0.3, 0.4) is 0 Å². The summed E-state index contributed by atoms with van der Waals surface area (Å²) in [6, 6.07) is 8.22. The summed E-state index contributed by atoms with van der Waals surface area (Å²) in [6.45, 7) is 8.28. The highest BCUT2D eigenvalue weighted by Gasteiger charge is 2.21. The summed E-state index contributed by atoms with van der Waals surface area (Å²) in [4.78, 5) is 6.76. The van der Waals surface area contributed by atoms with Crippen molar-refractivity contribution < 1.29 is 14.2 Å². The largest absolute Gasteiger partial charge is 0.491 e. The number of nitrogens with zero attached hydrogens (tertiary/aromatic N) is 2. The van der Waals surface area contributed by atoms with Crippen LogP contribution in [-0.2, 0) is 16.0 Å². The van der Waals surface area contributed by atoms with E-state index >= 15 is 0 Å². The van der Waals surface area contributed by atoms with Gasteiger partial charge in [-0.1, -0.05) is 12.1 Å². The summed E-state index contributed by atoms with van der Waals surface area (Å²) in [6.07, 6.45) is 3.55. The molecule has 0 saturated carbocycles. The molecule has 1 heterocycles. The smallest absolute Gasteiger partial charge is 0.193 e. The number of benzene rings is 1. The molecule has 6 heteroatoms. The summed E-state index contributed by atoms with van der Waals surface area (Å²) >= 11 is 0. The van der Waals surface area contributed by atoms with Crippen LogP contribution in [0.1, 0.15) is 38.7 Å². The lowest BCUT2D eigenvalue weighted by Crippen LogP contribution is -2.46. The second-order valence-electron chi connectivity index (χ2n) is 7.12. The third-order valence-corrected chi connectivity index (χ3v) is 4.52. The molecule has 1 saturated heterocycles. The molecule has 0 amide bonds. The van der Waals surface area contributed by atoms with Gasteiger partial charge in [-0.25, -0.2) is 0 Å². The number of guanidine groups is 1. The fourth-order valence-corrected chi connectivity index (χ4v) is 3.20. The molecule has 1 aromatic rings. The zero-order chi connectivity index (χ0) is 19.5. The molecule has 1 aliphatic rings. The van der Waals surface area contributed by atoms with Crippen LogP contribution in [0.4, 0.5) is 0 Å². The van der Waals surface area contributed by atoms with Gasteiger partial charge in [0.2, 0.25) is 0 Å². The lowest BCUT2D eigenvalue weighted by molar-refractivity contribution is 0.00989. The number of aliphatic imine (C=N–C) groups is 1. The van der Waals surface area contributed by atoms with Crippen molar-refractivity contribution in [2.45, 2.75) is 51.9 Å². The van der Waals surface area contributed by atoms with Gasteiger partial charge in [0.05, 0.1) is 12.2 Å². The van der Waals surface area contributed by atoms with Gasteiger partial charge in [-0.3, -0.25) is 4.99 Å². The minimum Gasteiger partial charge on any atom is -0.491 e. The van der Waals surface area contributed by atoms with Crippen LogP contribution in [0.2, 0.25) is 0 Å². The fourth-order valence-electron chi connectivity index (χ4n) is 3.20. The minimum atomic E-state index is 0.180. The van der Waals surface area contributed by atoms with E-state index in [0.29, 0.717) is 6.10 Å². The first kappa shape index (κ1) is 21.5. The van der Waals surface area contributed by atoms with Crippen molar-refractivity contribution >= 4 is 5.96 Å². The van der Waals surface area contributed by atoms with Gasteiger partial charge >= 0.3 is 0 Å². The van der Waals surface area contributed by atoms with Gasteiger partial charge < -0.3 is 24.4 Å². The number of likely N-dealkylation sites (tertiary alicyclic amines) is 1. The Hall–Kier alpha value is -1.79. The quantitative estimate of drug-likeness (QED) is 0.407. The highest BCUT2D eigenvalue weighted by atomic mass is 16.5. The number of hydrogen-bond acceptors (Lipinski definition) is 4. The van der Waals surface area contributed by atoms with E-state index < -0.39 is 0 Å². The van der Waals surface area contributed by atoms with Gasteiger partial charge in [-0.15, -0.1) is 0 Å². The predicted molar refractivity (Wildman–Crippen MR) is 109 cm³/mol. The van der Waals surface area contributed by atoms with E-state index in [-0.39, 0.29) is 6.10 Å². The second kappa shape index (κ2) is 11.8. The summed E-state index contributed by atoms with van der Waals surface area (Å²) in [5.74, 6) is 1.86. The summed E-state index contributed by atoms with van der Waals surface area (Å²) in [5.41, 5.74) is 1.19. The molecule has 0 spiro atoms. The van der Waals surface area contributed by atoms with Crippen LogP contribution in [0.15, 0.2) is 29.3 Å². The van der Waals surface area contributed by atoms with Crippen molar-refractivity contribution in [1.29, 1.82) is 0 Å². The molecule has 0 bridgehead atoms. The molecule has 0 atom stereocenters. The van der Waals surface area contributed by atoms with E-state index in [1.54, 1.807) is 7.11 Å². The number of piperidine rings is 1. The third-order valence-electron chi connectivity index (χ3n) is 4.52. The SMILES string of the molecule is CN=C(NCc1cccc(OC(C)C)c1)N1CCC(OCCCOC)CC1. The van der Waals surface area contributed by atoms with Crippen molar-refractivity contribution in [2.24, 2.45) is 4.99 Å². The Balaban J connectivity index is 1.76. The van der Waals surface area contributed by atoms with E-state index in [1.165, 1.54) is 5.56 Å². The maximum Gasteiger partial charge on any atom is 0.193 e. The van der Waals surface area contributed by atoms with Crippen LogP contribution in [0, 0.1) is 0 Å². The van der Waals surface area contributed by atoms with Crippen molar-refractivity contribution in [1.82, 2.24) is 10.2 Å². The molecule has 1 fully saturated rings. The number of nitrogens with one attached hydrogen (secondary N) is 1. The molecule has 0 radical (unpaired) electrons. The Bertz CT molecular complexity index is 570. The third kappa shape index (κ3) is 7.77. The molecule has 0 aliphatic carbocycles. The van der Waals surface area contributed by atoms with Gasteiger partial charge in [0, 0.05) is 47.0 Å². The van der Waals surface area contributed by atoms with Gasteiger partial charge in [-0.2, -0.15) is 0 Å². The average molecular weight is 378 g/mol. The highest BCUT2D eigenvalue weighted by Crippen LogP contribution is 2.16. The molecular formula is C21H35N3O3. The first-order valence-corrected chi connectivity index (χ1v) is 9.94. The predicted octanol–water partition coefficient (Wildman–Crippen LogP) is 3.07. The van der Waals surface area contributed by atoms with E-state index in [4.69, 9.17) is 14.2 Å². The van der Waals surface area contributed by atoms with Crippen LogP contribution in [0.5, 0.6) is 5.75 Å². The van der Waals surface area contributed by atoms with Gasteiger partial charge in [0.15, 0.2) is 5.96 Å². The Morgan fingerprint density at radius 2 is 2.04 bits per heavy atom. The first-order valence-electron chi connectivity index (χ1n) is 9.94. The molecule has 0 unspecified atom stereocenters. The van der Waals surface area contributed by atoms with Gasteiger partial charge in [0.25, 0.3) is 0 Å². The zero-order valence-electron chi connectivity index (χ0n) is 17.2. The number of rotatable bonds is 9. The van der Waals surface area contributed by atoms with Crippen molar-refractivity contribution in [3.8, 4) is 5.75 Å². The highest BCUT2D eigenvalue weighted by molar-refractivity contribution is 5.80. The van der Waals surface area contributed by atoms with Crippen LogP contribution in [0.25, 0.3) is 0 Å². The molecular weight excluding hydrogens is 342 g/mol. The van der Waals surface area contributed by atoms with E-state index in [0.717, 1.165) is 63.8 Å². The molecule has 27 heavy (non-hydrogen) atoms. The first-order chi connectivity index (χ1) is 13.1. The monoisotopic (exact) mass is 377 g/mol. The van der Waals surface area contributed by atoms with Crippen molar-refractivity contribution in [3.05, 3.63) is 29.8 Å². The normalized spacial score (nSPS) is 16.0. The van der Waals surface area contributed by atoms with Crippen molar-refractivity contribution in [2.75, 3.05) is 40.5 Å². The van der Waals surface area contributed by atoms with E-state index in [9.17, 15) is 0 Å². The maximum atomic E-state index is 5.94. The molecule has 2 rings (SSSR count). The topological polar surface area (TPSA) is 55.3 Å². The van der Waals surface area contributed by atoms with E-state index in [2.05, 4.69) is 27.3 Å². The Morgan fingerprint density at radius 1 is 1.26 bits per heavy atom. The van der Waals surface area contributed by atoms with Crippen molar-refractivity contribution in [3.63, 3.8) is 0 Å². The summed E-state index contributed by atoms with van der Waals surface area (Å²) in [7, 11) is 3.57. The van der Waals surface area contributed by atoms with Gasteiger partial charge in [-0.05, 0) is 50.8 Å². The lowest BCUT2D eigenvalue weighted by Gasteiger charge is -2.34. The van der Waals surface area contributed by atoms with E-state index in [1.807, 2.05) is 33.0 Å². The molecule has 1 aromatic carbocycles. The molecule has 0 aromatic heterocycles. The van der Waals surface area contributed by atoms with Crippen LogP contribution >= 0.6 is 0 Å².